The average Bonchev–Trinajstić information content (AvgIpc) is 2.42. The van der Waals surface area contributed by atoms with E-state index >= 15 is 0 Å². The number of phenols is 1. The maximum Gasteiger partial charge on any atom is 0.224 e. The molecule has 1 heterocycles. The lowest BCUT2D eigenvalue weighted by Crippen LogP contribution is -2.12. The predicted molar refractivity (Wildman–Crippen MR) is 74.0 cm³/mol. The van der Waals surface area contributed by atoms with E-state index in [2.05, 4.69) is 10.3 Å². The maximum absolute atomic E-state index is 11.8. The minimum absolute atomic E-state index is 0.0890. The normalized spacial score (nSPS) is 10.2. The number of pyridine rings is 1. The zero-order valence-corrected chi connectivity index (χ0v) is 10.8. The Hall–Kier alpha value is -2.36. The lowest BCUT2D eigenvalue weighted by Gasteiger charge is -2.06. The molecule has 98 valence electrons. The van der Waals surface area contributed by atoms with Crippen LogP contribution in [0, 0.1) is 6.92 Å². The number of aromatic hydroxyl groups is 1. The summed E-state index contributed by atoms with van der Waals surface area (Å²) in [5.74, 6) is 0.0939. The van der Waals surface area contributed by atoms with Gasteiger partial charge in [0.1, 0.15) is 5.75 Å². The van der Waals surface area contributed by atoms with Crippen LogP contribution >= 0.6 is 0 Å². The Morgan fingerprint density at radius 1 is 1.32 bits per heavy atom. The maximum atomic E-state index is 11.8. The summed E-state index contributed by atoms with van der Waals surface area (Å²) in [5, 5.41) is 12.3. The van der Waals surface area contributed by atoms with E-state index in [1.165, 1.54) is 0 Å². The lowest BCUT2D eigenvalue weighted by atomic mass is 10.2. The van der Waals surface area contributed by atoms with Crippen molar-refractivity contribution in [1.82, 2.24) is 4.98 Å². The predicted octanol–water partition coefficient (Wildman–Crippen LogP) is 2.67. The van der Waals surface area contributed by atoms with Crippen molar-refractivity contribution >= 4 is 11.6 Å². The fourth-order valence-electron chi connectivity index (χ4n) is 1.70. The monoisotopic (exact) mass is 256 g/mol. The topological polar surface area (TPSA) is 62.2 Å². The van der Waals surface area contributed by atoms with Crippen LogP contribution in [-0.2, 0) is 11.2 Å². The Morgan fingerprint density at radius 2 is 2.16 bits per heavy atom. The van der Waals surface area contributed by atoms with E-state index in [0.717, 1.165) is 11.3 Å². The van der Waals surface area contributed by atoms with Crippen LogP contribution in [0.25, 0.3) is 0 Å². The molecule has 0 aliphatic heterocycles. The summed E-state index contributed by atoms with van der Waals surface area (Å²) in [6.07, 6.45) is 2.68. The summed E-state index contributed by atoms with van der Waals surface area (Å²) in [4.78, 5) is 15.9. The molecule has 2 aromatic rings. The highest BCUT2D eigenvalue weighted by Gasteiger charge is 2.05. The summed E-state index contributed by atoms with van der Waals surface area (Å²) < 4.78 is 0. The Kier molecular flexibility index (Phi) is 4.13. The summed E-state index contributed by atoms with van der Waals surface area (Å²) in [7, 11) is 0. The van der Waals surface area contributed by atoms with Crippen molar-refractivity contribution in [1.29, 1.82) is 0 Å². The minimum atomic E-state index is -0.0890. The van der Waals surface area contributed by atoms with Crippen LogP contribution in [0.4, 0.5) is 5.69 Å². The number of hydrogen-bond acceptors (Lipinski definition) is 3. The van der Waals surface area contributed by atoms with Crippen LogP contribution in [0.1, 0.15) is 17.7 Å². The Bertz CT molecular complexity index is 568. The molecule has 0 aliphatic carbocycles. The third-order valence-electron chi connectivity index (χ3n) is 2.83. The van der Waals surface area contributed by atoms with Gasteiger partial charge in [-0.3, -0.25) is 9.78 Å². The van der Waals surface area contributed by atoms with E-state index in [1.807, 2.05) is 25.1 Å². The Morgan fingerprint density at radius 3 is 2.84 bits per heavy atom. The number of phenolic OH excluding ortho intramolecular Hbond substituents is 1. The number of anilines is 1. The molecule has 2 rings (SSSR count). The molecular weight excluding hydrogens is 240 g/mol. The first-order valence-corrected chi connectivity index (χ1v) is 6.14. The van der Waals surface area contributed by atoms with Crippen LogP contribution in [0.5, 0.6) is 5.75 Å². The van der Waals surface area contributed by atoms with Gasteiger partial charge >= 0.3 is 0 Å². The molecule has 0 aliphatic rings. The first kappa shape index (κ1) is 13.1. The van der Waals surface area contributed by atoms with Crippen LogP contribution in [0.2, 0.25) is 0 Å². The first-order chi connectivity index (χ1) is 9.15. The number of rotatable bonds is 4. The smallest absolute Gasteiger partial charge is 0.224 e. The molecule has 0 unspecified atom stereocenters. The number of nitrogens with one attached hydrogen (secondary N) is 1. The average molecular weight is 256 g/mol. The van der Waals surface area contributed by atoms with Crippen molar-refractivity contribution in [3.05, 3.63) is 53.9 Å². The molecule has 0 bridgehead atoms. The summed E-state index contributed by atoms with van der Waals surface area (Å²) >= 11 is 0. The number of hydrogen-bond donors (Lipinski definition) is 2. The molecule has 0 spiro atoms. The second-order valence-electron chi connectivity index (χ2n) is 4.37. The number of amides is 1. The second kappa shape index (κ2) is 6.00. The highest BCUT2D eigenvalue weighted by atomic mass is 16.3. The molecule has 1 aromatic heterocycles. The molecule has 1 amide bonds. The van der Waals surface area contributed by atoms with E-state index < -0.39 is 0 Å². The highest BCUT2D eigenvalue weighted by molar-refractivity contribution is 5.91. The number of aryl methyl sites for hydroxylation is 2. The summed E-state index contributed by atoms with van der Waals surface area (Å²) in [6, 6.07) is 10.7. The number of carbonyl (C=O) groups excluding carboxylic acids is 1. The van der Waals surface area contributed by atoms with Crippen molar-refractivity contribution in [2.75, 3.05) is 5.32 Å². The molecular formula is C15H16N2O2. The third kappa shape index (κ3) is 3.81. The standard InChI is InChI=1S/C15H16N2O2/c1-11-5-6-13(10-14(11)18)17-15(19)8-7-12-4-2-3-9-16-12/h2-6,9-10,18H,7-8H2,1H3,(H,17,19). The van der Waals surface area contributed by atoms with Gasteiger partial charge in [-0.1, -0.05) is 12.1 Å². The summed E-state index contributed by atoms with van der Waals surface area (Å²) in [6.45, 7) is 1.81. The van der Waals surface area contributed by atoms with Gasteiger partial charge in [0, 0.05) is 30.1 Å². The van der Waals surface area contributed by atoms with E-state index in [-0.39, 0.29) is 11.7 Å². The molecule has 0 radical (unpaired) electrons. The van der Waals surface area contributed by atoms with Gasteiger partial charge in [0.25, 0.3) is 0 Å². The van der Waals surface area contributed by atoms with Crippen molar-refractivity contribution in [2.45, 2.75) is 19.8 Å². The number of benzene rings is 1. The molecule has 4 heteroatoms. The van der Waals surface area contributed by atoms with E-state index in [4.69, 9.17) is 0 Å². The van der Waals surface area contributed by atoms with Gasteiger partial charge in [-0.2, -0.15) is 0 Å². The molecule has 2 N–H and O–H groups in total. The number of carbonyl (C=O) groups is 1. The van der Waals surface area contributed by atoms with Crippen LogP contribution in [-0.4, -0.2) is 16.0 Å². The van der Waals surface area contributed by atoms with E-state index in [0.29, 0.717) is 18.5 Å². The highest BCUT2D eigenvalue weighted by Crippen LogP contribution is 2.20. The first-order valence-electron chi connectivity index (χ1n) is 6.14. The van der Waals surface area contributed by atoms with Crippen molar-refractivity contribution in [3.8, 4) is 5.75 Å². The quantitative estimate of drug-likeness (QED) is 0.884. The molecule has 0 fully saturated rings. The zero-order valence-electron chi connectivity index (χ0n) is 10.8. The Balaban J connectivity index is 1.89. The molecule has 0 saturated heterocycles. The van der Waals surface area contributed by atoms with Crippen molar-refractivity contribution in [3.63, 3.8) is 0 Å². The van der Waals surface area contributed by atoms with Gasteiger partial charge in [0.2, 0.25) is 5.91 Å². The second-order valence-corrected chi connectivity index (χ2v) is 4.37. The van der Waals surface area contributed by atoms with Gasteiger partial charge in [-0.05, 0) is 37.1 Å². The SMILES string of the molecule is Cc1ccc(NC(=O)CCc2ccccn2)cc1O. The van der Waals surface area contributed by atoms with Gasteiger partial charge in [0.05, 0.1) is 0 Å². The minimum Gasteiger partial charge on any atom is -0.508 e. The molecule has 4 nitrogen and oxygen atoms in total. The van der Waals surface area contributed by atoms with Gasteiger partial charge in [0.15, 0.2) is 0 Å². The fourth-order valence-corrected chi connectivity index (χ4v) is 1.70. The van der Waals surface area contributed by atoms with Crippen LogP contribution in [0.15, 0.2) is 42.6 Å². The van der Waals surface area contributed by atoms with Crippen molar-refractivity contribution < 1.29 is 9.90 Å². The van der Waals surface area contributed by atoms with Crippen LogP contribution < -0.4 is 5.32 Å². The van der Waals surface area contributed by atoms with E-state index in [1.54, 1.807) is 24.4 Å². The summed E-state index contributed by atoms with van der Waals surface area (Å²) in [5.41, 5.74) is 2.28. The largest absolute Gasteiger partial charge is 0.508 e. The number of nitrogens with zero attached hydrogens (tertiary/aromatic N) is 1. The van der Waals surface area contributed by atoms with Gasteiger partial charge in [-0.25, -0.2) is 0 Å². The Labute approximate surface area is 112 Å². The molecule has 0 saturated carbocycles. The number of aromatic nitrogens is 1. The zero-order chi connectivity index (χ0) is 13.7. The fraction of sp³-hybridized carbons (Fsp3) is 0.200. The lowest BCUT2D eigenvalue weighted by molar-refractivity contribution is -0.116. The van der Waals surface area contributed by atoms with E-state index in [9.17, 15) is 9.90 Å². The van der Waals surface area contributed by atoms with Gasteiger partial charge < -0.3 is 10.4 Å². The molecule has 0 atom stereocenters. The molecule has 1 aromatic carbocycles. The third-order valence-corrected chi connectivity index (χ3v) is 2.83. The van der Waals surface area contributed by atoms with Crippen molar-refractivity contribution in [2.24, 2.45) is 0 Å². The van der Waals surface area contributed by atoms with Gasteiger partial charge in [-0.15, -0.1) is 0 Å². The molecule has 19 heavy (non-hydrogen) atoms. The van der Waals surface area contributed by atoms with Crippen LogP contribution in [0.3, 0.4) is 0 Å².